The van der Waals surface area contributed by atoms with Crippen molar-refractivity contribution in [1.82, 2.24) is 0 Å². The SMILES string of the molecule is COC(=O)C1=C(C(=O)OC)C2CCCCC2=CC1. The van der Waals surface area contributed by atoms with Crippen LogP contribution in [0.4, 0.5) is 0 Å². The Morgan fingerprint density at radius 1 is 1.17 bits per heavy atom. The molecule has 1 saturated carbocycles. The lowest BCUT2D eigenvalue weighted by Crippen LogP contribution is -2.26. The highest BCUT2D eigenvalue weighted by Crippen LogP contribution is 2.40. The molecule has 0 saturated heterocycles. The molecule has 0 heterocycles. The third-order valence-electron chi connectivity index (χ3n) is 3.73. The summed E-state index contributed by atoms with van der Waals surface area (Å²) < 4.78 is 9.59. The van der Waals surface area contributed by atoms with Crippen molar-refractivity contribution in [3.05, 3.63) is 22.8 Å². The quantitative estimate of drug-likeness (QED) is 0.556. The summed E-state index contributed by atoms with van der Waals surface area (Å²) in [6, 6.07) is 0. The van der Waals surface area contributed by atoms with Crippen LogP contribution < -0.4 is 0 Å². The number of fused-ring (bicyclic) bond motifs is 1. The van der Waals surface area contributed by atoms with Gasteiger partial charge in [0.15, 0.2) is 0 Å². The lowest BCUT2D eigenvalue weighted by Gasteiger charge is -2.31. The van der Waals surface area contributed by atoms with Gasteiger partial charge in [-0.05, 0) is 25.7 Å². The molecule has 0 spiro atoms. The second-order valence-corrected chi connectivity index (χ2v) is 4.66. The van der Waals surface area contributed by atoms with Crippen LogP contribution in [-0.4, -0.2) is 26.2 Å². The van der Waals surface area contributed by atoms with Crippen LogP contribution in [0.15, 0.2) is 22.8 Å². The van der Waals surface area contributed by atoms with Crippen molar-refractivity contribution in [2.45, 2.75) is 32.1 Å². The first-order valence-corrected chi connectivity index (χ1v) is 6.27. The van der Waals surface area contributed by atoms with Crippen LogP contribution in [0, 0.1) is 5.92 Å². The predicted molar refractivity (Wildman–Crippen MR) is 65.7 cm³/mol. The van der Waals surface area contributed by atoms with Gasteiger partial charge in [0, 0.05) is 5.92 Å². The number of carbonyl (C=O) groups excluding carboxylic acids is 2. The highest BCUT2D eigenvalue weighted by molar-refractivity contribution is 6.01. The van der Waals surface area contributed by atoms with Gasteiger partial charge in [-0.15, -0.1) is 0 Å². The molecule has 0 amide bonds. The minimum atomic E-state index is -0.420. The predicted octanol–water partition coefficient (Wildman–Crippen LogP) is 2.15. The van der Waals surface area contributed by atoms with Crippen LogP contribution in [0.2, 0.25) is 0 Å². The molecule has 0 aromatic carbocycles. The van der Waals surface area contributed by atoms with E-state index in [0.29, 0.717) is 17.6 Å². The van der Waals surface area contributed by atoms with Gasteiger partial charge in [-0.3, -0.25) is 0 Å². The molecular formula is C14H18O4. The summed E-state index contributed by atoms with van der Waals surface area (Å²) in [5.41, 5.74) is 2.25. The number of methoxy groups -OCH3 is 2. The fraction of sp³-hybridized carbons (Fsp3) is 0.571. The van der Waals surface area contributed by atoms with Crippen LogP contribution >= 0.6 is 0 Å². The molecule has 0 N–H and O–H groups in total. The van der Waals surface area contributed by atoms with E-state index in [9.17, 15) is 9.59 Å². The van der Waals surface area contributed by atoms with Gasteiger partial charge in [-0.2, -0.15) is 0 Å². The van der Waals surface area contributed by atoms with Crippen molar-refractivity contribution in [2.24, 2.45) is 5.92 Å². The van der Waals surface area contributed by atoms with E-state index in [2.05, 4.69) is 6.08 Å². The Morgan fingerprint density at radius 2 is 1.89 bits per heavy atom. The Bertz CT molecular complexity index is 431. The van der Waals surface area contributed by atoms with Crippen molar-refractivity contribution >= 4 is 11.9 Å². The summed E-state index contributed by atoms with van der Waals surface area (Å²) >= 11 is 0. The molecule has 1 fully saturated rings. The van der Waals surface area contributed by atoms with Crippen molar-refractivity contribution in [3.8, 4) is 0 Å². The summed E-state index contributed by atoms with van der Waals surface area (Å²) in [6.45, 7) is 0. The van der Waals surface area contributed by atoms with E-state index in [1.54, 1.807) is 0 Å². The van der Waals surface area contributed by atoms with E-state index in [-0.39, 0.29) is 5.92 Å². The van der Waals surface area contributed by atoms with E-state index in [4.69, 9.17) is 9.47 Å². The van der Waals surface area contributed by atoms with E-state index in [1.165, 1.54) is 19.8 Å². The number of carbonyl (C=O) groups is 2. The van der Waals surface area contributed by atoms with E-state index >= 15 is 0 Å². The fourth-order valence-corrected chi connectivity index (χ4v) is 2.86. The Kier molecular flexibility index (Phi) is 3.84. The summed E-state index contributed by atoms with van der Waals surface area (Å²) in [5, 5.41) is 0. The van der Waals surface area contributed by atoms with Gasteiger partial charge < -0.3 is 9.47 Å². The maximum absolute atomic E-state index is 11.9. The minimum Gasteiger partial charge on any atom is -0.466 e. The van der Waals surface area contributed by atoms with Gasteiger partial charge in [0.25, 0.3) is 0 Å². The van der Waals surface area contributed by atoms with Crippen LogP contribution in [0.25, 0.3) is 0 Å². The van der Waals surface area contributed by atoms with E-state index in [0.717, 1.165) is 25.7 Å². The first-order chi connectivity index (χ1) is 8.69. The number of allylic oxidation sites excluding steroid dienone is 2. The lowest BCUT2D eigenvalue weighted by molar-refractivity contribution is -0.140. The Morgan fingerprint density at radius 3 is 2.56 bits per heavy atom. The molecular weight excluding hydrogens is 232 g/mol. The van der Waals surface area contributed by atoms with Crippen molar-refractivity contribution in [2.75, 3.05) is 14.2 Å². The van der Waals surface area contributed by atoms with Gasteiger partial charge in [0.2, 0.25) is 0 Å². The first kappa shape index (κ1) is 12.9. The highest BCUT2D eigenvalue weighted by atomic mass is 16.5. The van der Waals surface area contributed by atoms with Crippen molar-refractivity contribution < 1.29 is 19.1 Å². The summed E-state index contributed by atoms with van der Waals surface area (Å²) in [6.07, 6.45) is 6.71. The molecule has 0 aliphatic heterocycles. The Hall–Kier alpha value is -1.58. The fourth-order valence-electron chi connectivity index (χ4n) is 2.86. The smallest absolute Gasteiger partial charge is 0.334 e. The number of esters is 2. The van der Waals surface area contributed by atoms with E-state index in [1.807, 2.05) is 0 Å². The first-order valence-electron chi connectivity index (χ1n) is 6.27. The molecule has 98 valence electrons. The van der Waals surface area contributed by atoms with Gasteiger partial charge in [0.1, 0.15) is 0 Å². The summed E-state index contributed by atoms with van der Waals surface area (Å²) in [5.74, 6) is -0.766. The minimum absolute atomic E-state index is 0.0500. The normalized spacial score (nSPS) is 23.0. The molecule has 4 heteroatoms. The summed E-state index contributed by atoms with van der Waals surface area (Å²) in [4.78, 5) is 23.7. The van der Waals surface area contributed by atoms with Crippen molar-refractivity contribution in [1.29, 1.82) is 0 Å². The van der Waals surface area contributed by atoms with Gasteiger partial charge in [-0.25, -0.2) is 9.59 Å². The zero-order valence-corrected chi connectivity index (χ0v) is 10.8. The van der Waals surface area contributed by atoms with E-state index < -0.39 is 11.9 Å². The summed E-state index contributed by atoms with van der Waals surface area (Å²) in [7, 11) is 2.69. The second kappa shape index (κ2) is 5.38. The maximum atomic E-state index is 11.9. The average Bonchev–Trinajstić information content (AvgIpc) is 2.44. The second-order valence-electron chi connectivity index (χ2n) is 4.66. The molecule has 2 aliphatic rings. The molecule has 18 heavy (non-hydrogen) atoms. The molecule has 1 atom stereocenters. The molecule has 0 bridgehead atoms. The number of rotatable bonds is 2. The molecule has 4 nitrogen and oxygen atoms in total. The van der Waals surface area contributed by atoms with Gasteiger partial charge in [0.05, 0.1) is 25.4 Å². The number of hydrogen-bond donors (Lipinski definition) is 0. The zero-order chi connectivity index (χ0) is 13.1. The molecule has 1 unspecified atom stereocenters. The van der Waals surface area contributed by atoms with Crippen LogP contribution in [0.5, 0.6) is 0 Å². The topological polar surface area (TPSA) is 52.6 Å². The van der Waals surface area contributed by atoms with Gasteiger partial charge >= 0.3 is 11.9 Å². The molecule has 2 rings (SSSR count). The Labute approximate surface area is 107 Å². The zero-order valence-electron chi connectivity index (χ0n) is 10.8. The van der Waals surface area contributed by atoms with Gasteiger partial charge in [-0.1, -0.05) is 18.1 Å². The molecule has 0 aromatic heterocycles. The molecule has 2 aliphatic carbocycles. The third-order valence-corrected chi connectivity index (χ3v) is 3.73. The number of ether oxygens (including phenoxy) is 2. The Balaban J connectivity index is 2.40. The number of hydrogen-bond acceptors (Lipinski definition) is 4. The van der Waals surface area contributed by atoms with Crippen LogP contribution in [0.1, 0.15) is 32.1 Å². The maximum Gasteiger partial charge on any atom is 0.334 e. The largest absolute Gasteiger partial charge is 0.466 e. The van der Waals surface area contributed by atoms with Crippen molar-refractivity contribution in [3.63, 3.8) is 0 Å². The highest BCUT2D eigenvalue weighted by Gasteiger charge is 2.35. The van der Waals surface area contributed by atoms with Crippen LogP contribution in [0.3, 0.4) is 0 Å². The standard InChI is InChI=1S/C14H18O4/c1-17-13(15)11-8-7-9-5-3-4-6-10(9)12(11)14(16)18-2/h7,10H,3-6,8H2,1-2H3. The average molecular weight is 250 g/mol. The molecule has 0 aromatic rings. The van der Waals surface area contributed by atoms with Crippen LogP contribution in [-0.2, 0) is 19.1 Å². The lowest BCUT2D eigenvalue weighted by atomic mass is 9.74. The monoisotopic (exact) mass is 250 g/mol. The molecule has 0 radical (unpaired) electrons. The third kappa shape index (κ3) is 2.19.